The molecule has 0 bridgehead atoms. The number of rotatable bonds is 6. The molecule has 0 aliphatic carbocycles. The molecule has 0 spiro atoms. The van der Waals surface area contributed by atoms with Gasteiger partial charge in [0.2, 0.25) is 0 Å². The van der Waals surface area contributed by atoms with E-state index < -0.39 is 30.3 Å². The molecule has 1 heterocycles. The van der Waals surface area contributed by atoms with E-state index in [-0.39, 0.29) is 12.1 Å². The number of carbonyl (C=O) groups excluding carboxylic acids is 1. The number of imidazole rings is 1. The molecule has 0 saturated heterocycles. The number of carbonyl (C=O) groups is 2. The van der Waals surface area contributed by atoms with Gasteiger partial charge in [-0.3, -0.25) is 4.79 Å². The topological polar surface area (TPSA) is 95.1 Å². The van der Waals surface area contributed by atoms with Crippen LogP contribution in [0.25, 0.3) is 0 Å². The molecule has 0 fully saturated rings. The van der Waals surface area contributed by atoms with Gasteiger partial charge >= 0.3 is 18.3 Å². The summed E-state index contributed by atoms with van der Waals surface area (Å²) in [6.45, 7) is 0. The molecule has 10 heteroatoms. The molecular formula is C9H9F4N3O3. The molecule has 0 aliphatic rings. The minimum Gasteiger partial charge on any atom is -0.480 e. The van der Waals surface area contributed by atoms with E-state index in [0.717, 1.165) is 0 Å². The van der Waals surface area contributed by atoms with E-state index in [4.69, 9.17) is 5.11 Å². The smallest absolute Gasteiger partial charge is 0.383 e. The first kappa shape index (κ1) is 14.9. The summed E-state index contributed by atoms with van der Waals surface area (Å²) in [6.07, 6.45) is -2.17. The number of aromatic nitrogens is 2. The summed E-state index contributed by atoms with van der Waals surface area (Å²) in [7, 11) is 0. The van der Waals surface area contributed by atoms with Crippen molar-refractivity contribution >= 4 is 11.9 Å². The van der Waals surface area contributed by atoms with Gasteiger partial charge in [0, 0.05) is 18.3 Å². The highest BCUT2D eigenvalue weighted by Gasteiger charge is 2.49. The SMILES string of the molecule is O=C(O)[C@@H](Cc1cnc[nH]1)NC(=O)C(F)(F)C(F)F. The van der Waals surface area contributed by atoms with Gasteiger partial charge in [0.15, 0.2) is 0 Å². The van der Waals surface area contributed by atoms with Gasteiger partial charge in [0.1, 0.15) is 6.04 Å². The quantitative estimate of drug-likeness (QED) is 0.659. The molecule has 19 heavy (non-hydrogen) atoms. The zero-order valence-corrected chi connectivity index (χ0v) is 9.24. The van der Waals surface area contributed by atoms with E-state index >= 15 is 0 Å². The zero-order valence-electron chi connectivity index (χ0n) is 9.24. The van der Waals surface area contributed by atoms with E-state index in [1.54, 1.807) is 0 Å². The van der Waals surface area contributed by atoms with E-state index in [2.05, 4.69) is 9.97 Å². The lowest BCUT2D eigenvalue weighted by Crippen LogP contribution is -2.52. The van der Waals surface area contributed by atoms with Crippen molar-refractivity contribution in [2.45, 2.75) is 24.8 Å². The molecular weight excluding hydrogens is 274 g/mol. The van der Waals surface area contributed by atoms with E-state index in [1.807, 2.05) is 0 Å². The molecule has 1 atom stereocenters. The van der Waals surface area contributed by atoms with Crippen LogP contribution < -0.4 is 5.32 Å². The average Bonchev–Trinajstić information content (AvgIpc) is 2.80. The Kier molecular flexibility index (Phi) is 4.46. The number of alkyl halides is 4. The third-order valence-electron chi connectivity index (χ3n) is 2.16. The van der Waals surface area contributed by atoms with Crippen molar-refractivity contribution in [3.05, 3.63) is 18.2 Å². The number of carboxylic acids is 1. The standard InChI is InChI=1S/C9H9F4N3O3/c10-7(11)9(12,13)8(19)16-5(6(17)18)1-4-2-14-3-15-4/h2-3,5,7H,1H2,(H,14,15)(H,16,19)(H,17,18)/t5-/m1/s1. The van der Waals surface area contributed by atoms with Crippen molar-refractivity contribution in [2.75, 3.05) is 0 Å². The second-order valence-corrected chi connectivity index (χ2v) is 3.57. The molecule has 1 amide bonds. The summed E-state index contributed by atoms with van der Waals surface area (Å²) < 4.78 is 49.2. The van der Waals surface area contributed by atoms with Gasteiger partial charge in [-0.15, -0.1) is 0 Å². The Morgan fingerprint density at radius 3 is 2.53 bits per heavy atom. The maximum atomic E-state index is 12.7. The number of aliphatic carboxylic acids is 1. The molecule has 3 N–H and O–H groups in total. The largest absolute Gasteiger partial charge is 0.480 e. The van der Waals surface area contributed by atoms with Gasteiger partial charge < -0.3 is 15.4 Å². The Labute approximate surface area is 103 Å². The van der Waals surface area contributed by atoms with Gasteiger partial charge in [-0.05, 0) is 0 Å². The molecule has 6 nitrogen and oxygen atoms in total. The molecule has 106 valence electrons. The summed E-state index contributed by atoms with van der Waals surface area (Å²) in [5, 5.41) is 10.1. The van der Waals surface area contributed by atoms with Crippen LogP contribution in [-0.4, -0.2) is 45.3 Å². The molecule has 0 saturated carbocycles. The number of H-pyrrole nitrogens is 1. The zero-order chi connectivity index (χ0) is 14.6. The minimum absolute atomic E-state index is 0.244. The first-order valence-electron chi connectivity index (χ1n) is 4.92. The van der Waals surface area contributed by atoms with Crippen LogP contribution in [0.1, 0.15) is 5.69 Å². The summed E-state index contributed by atoms with van der Waals surface area (Å²) in [5.41, 5.74) is 0.244. The minimum atomic E-state index is -4.94. The predicted octanol–water partition coefficient (Wildman–Crippen LogP) is 0.422. The summed E-state index contributed by atoms with van der Waals surface area (Å²) in [5.74, 6) is -8.91. The van der Waals surface area contributed by atoms with Crippen LogP contribution in [-0.2, 0) is 16.0 Å². The van der Waals surface area contributed by atoms with Crippen LogP contribution in [0, 0.1) is 0 Å². The molecule has 1 aromatic heterocycles. The number of aromatic amines is 1. The molecule has 0 aromatic carbocycles. The Bertz CT molecular complexity index is 450. The average molecular weight is 283 g/mol. The maximum absolute atomic E-state index is 12.7. The van der Waals surface area contributed by atoms with Crippen molar-refractivity contribution in [1.29, 1.82) is 0 Å². The second kappa shape index (κ2) is 5.67. The lowest BCUT2D eigenvalue weighted by Gasteiger charge is -2.18. The van der Waals surface area contributed by atoms with Crippen molar-refractivity contribution in [2.24, 2.45) is 0 Å². The highest BCUT2D eigenvalue weighted by Crippen LogP contribution is 2.23. The van der Waals surface area contributed by atoms with Crippen molar-refractivity contribution in [1.82, 2.24) is 15.3 Å². The van der Waals surface area contributed by atoms with Crippen LogP contribution in [0.4, 0.5) is 17.6 Å². The second-order valence-electron chi connectivity index (χ2n) is 3.57. The maximum Gasteiger partial charge on any atom is 0.383 e. The lowest BCUT2D eigenvalue weighted by molar-refractivity contribution is -0.171. The van der Waals surface area contributed by atoms with Crippen LogP contribution in [0.5, 0.6) is 0 Å². The number of nitrogens with zero attached hydrogens (tertiary/aromatic N) is 1. The highest BCUT2D eigenvalue weighted by atomic mass is 19.3. The molecule has 1 aromatic rings. The number of halogens is 4. The highest BCUT2D eigenvalue weighted by molar-refractivity contribution is 5.88. The normalized spacial score (nSPS) is 13.3. The number of hydrogen-bond donors (Lipinski definition) is 3. The van der Waals surface area contributed by atoms with E-state index in [9.17, 15) is 27.2 Å². The molecule has 0 radical (unpaired) electrons. The Hall–Kier alpha value is -2.13. The lowest BCUT2D eigenvalue weighted by atomic mass is 10.1. The number of carboxylic acid groups (broad SMARTS) is 1. The summed E-state index contributed by atoms with van der Waals surface area (Å²) in [6, 6.07) is -1.77. The monoisotopic (exact) mass is 283 g/mol. The van der Waals surface area contributed by atoms with Gasteiger partial charge in [0.25, 0.3) is 5.91 Å². The number of nitrogens with one attached hydrogen (secondary N) is 2. The van der Waals surface area contributed by atoms with Crippen LogP contribution in [0.15, 0.2) is 12.5 Å². The van der Waals surface area contributed by atoms with Gasteiger partial charge in [-0.25, -0.2) is 18.6 Å². The Balaban J connectivity index is 2.74. The van der Waals surface area contributed by atoms with Crippen molar-refractivity contribution in [3.8, 4) is 0 Å². The van der Waals surface area contributed by atoms with Gasteiger partial charge in [-0.2, -0.15) is 8.78 Å². The van der Waals surface area contributed by atoms with Crippen molar-refractivity contribution in [3.63, 3.8) is 0 Å². The van der Waals surface area contributed by atoms with Crippen LogP contribution in [0.3, 0.4) is 0 Å². The van der Waals surface area contributed by atoms with Crippen LogP contribution >= 0.6 is 0 Å². The number of amides is 1. The fourth-order valence-corrected chi connectivity index (χ4v) is 1.17. The van der Waals surface area contributed by atoms with Crippen LogP contribution in [0.2, 0.25) is 0 Å². The fourth-order valence-electron chi connectivity index (χ4n) is 1.17. The van der Waals surface area contributed by atoms with Crippen molar-refractivity contribution < 1.29 is 32.3 Å². The Morgan fingerprint density at radius 1 is 1.47 bits per heavy atom. The molecule has 0 unspecified atom stereocenters. The third kappa shape index (κ3) is 3.66. The Morgan fingerprint density at radius 2 is 2.11 bits per heavy atom. The van der Waals surface area contributed by atoms with E-state index in [1.165, 1.54) is 17.8 Å². The molecule has 1 rings (SSSR count). The predicted molar refractivity (Wildman–Crippen MR) is 52.8 cm³/mol. The summed E-state index contributed by atoms with van der Waals surface area (Å²) in [4.78, 5) is 27.8. The number of hydrogen-bond acceptors (Lipinski definition) is 3. The van der Waals surface area contributed by atoms with Gasteiger partial charge in [0.05, 0.1) is 6.33 Å². The van der Waals surface area contributed by atoms with E-state index in [0.29, 0.717) is 0 Å². The first-order chi connectivity index (χ1) is 8.75. The fraction of sp³-hybridized carbons (Fsp3) is 0.444. The third-order valence-corrected chi connectivity index (χ3v) is 2.16. The molecule has 0 aliphatic heterocycles. The van der Waals surface area contributed by atoms with Gasteiger partial charge in [-0.1, -0.05) is 0 Å². The first-order valence-corrected chi connectivity index (χ1v) is 4.92. The summed E-state index contributed by atoms with van der Waals surface area (Å²) >= 11 is 0.